The topological polar surface area (TPSA) is 155 Å². The van der Waals surface area contributed by atoms with Crippen LogP contribution in [0.5, 0.6) is 0 Å². The quantitative estimate of drug-likeness (QED) is 0.175. The van der Waals surface area contributed by atoms with Crippen LogP contribution in [-0.4, -0.2) is 48.7 Å². The molecule has 0 aliphatic carbocycles. The van der Waals surface area contributed by atoms with Gasteiger partial charge in [0.15, 0.2) is 5.78 Å². The first-order valence-electron chi connectivity index (χ1n) is 14.7. The van der Waals surface area contributed by atoms with Gasteiger partial charge in [-0.1, -0.05) is 20.8 Å². The molecule has 6 rings (SSSR count). The molecule has 3 aliphatic rings. The minimum atomic E-state index is -0.957. The number of ether oxygens (including phenoxy) is 1. The molecule has 0 aromatic carbocycles. The lowest BCUT2D eigenvalue weighted by Gasteiger charge is -2.18. The van der Waals surface area contributed by atoms with Crippen LogP contribution in [0.4, 0.5) is 0 Å². The lowest BCUT2D eigenvalue weighted by molar-refractivity contribution is -0.137. The van der Waals surface area contributed by atoms with E-state index in [2.05, 4.69) is 23.8 Å². The minimum absolute atomic E-state index is 0.0762. The number of carbonyl (C=O) groups excluding carboxylic acids is 3. The van der Waals surface area contributed by atoms with Gasteiger partial charge in [-0.3, -0.25) is 19.6 Å². The fraction of sp³-hybridized carbons (Fsp3) is 0.394. The number of aromatic amines is 2. The predicted octanol–water partition coefficient (Wildman–Crippen LogP) is 6.49. The van der Waals surface area contributed by atoms with Crippen molar-refractivity contribution in [3.05, 3.63) is 68.8 Å². The number of ketones is 1. The summed E-state index contributed by atoms with van der Waals surface area (Å²) in [5.41, 5.74) is 7.40. The van der Waals surface area contributed by atoms with Gasteiger partial charge >= 0.3 is 17.9 Å². The second-order valence-corrected chi connectivity index (χ2v) is 11.9. The summed E-state index contributed by atoms with van der Waals surface area (Å²) in [6.45, 7) is 11.4. The molecule has 4 atom stereocenters. The van der Waals surface area contributed by atoms with Crippen molar-refractivity contribution in [1.82, 2.24) is 19.9 Å². The summed E-state index contributed by atoms with van der Waals surface area (Å²) in [6.07, 6.45) is 0.937. The molecular formula is C33H34N4O6. The highest BCUT2D eigenvalue weighted by molar-refractivity contribution is 6.18. The molecule has 43 heavy (non-hydrogen) atoms. The van der Waals surface area contributed by atoms with E-state index >= 15 is 0 Å². The molecule has 3 aliphatic heterocycles. The third-order valence-electron chi connectivity index (χ3n) is 9.42. The zero-order valence-corrected chi connectivity index (χ0v) is 25.0. The number of esters is 2. The van der Waals surface area contributed by atoms with Crippen molar-refractivity contribution in [2.45, 2.75) is 84.5 Å². The number of nitrogens with one attached hydrogen (secondary N) is 2. The maximum absolute atomic E-state index is 13.4. The summed E-state index contributed by atoms with van der Waals surface area (Å²) >= 11 is 0. The van der Waals surface area contributed by atoms with E-state index in [1.807, 2.05) is 32.0 Å². The molecule has 0 radical (unpaired) electrons. The number of rotatable bonds is 5. The second-order valence-electron chi connectivity index (χ2n) is 11.9. The van der Waals surface area contributed by atoms with E-state index in [9.17, 15) is 24.3 Å². The maximum Gasteiger partial charge on any atom is 0.350 e. The zero-order chi connectivity index (χ0) is 30.9. The van der Waals surface area contributed by atoms with Gasteiger partial charge in [-0.25, -0.2) is 9.59 Å². The van der Waals surface area contributed by atoms with E-state index < -0.39 is 23.8 Å². The number of cyclic esters (lactones) is 2. The Morgan fingerprint density at radius 1 is 0.860 bits per heavy atom. The van der Waals surface area contributed by atoms with Gasteiger partial charge in [-0.15, -0.1) is 0 Å². The van der Waals surface area contributed by atoms with Crippen LogP contribution in [0, 0.1) is 13.8 Å². The first kappa shape index (κ1) is 28.5. The Balaban J connectivity index is 1.81. The smallest absolute Gasteiger partial charge is 0.350 e. The van der Waals surface area contributed by atoms with E-state index in [0.717, 1.165) is 23.4 Å². The van der Waals surface area contributed by atoms with E-state index in [1.165, 1.54) is 0 Å². The summed E-state index contributed by atoms with van der Waals surface area (Å²) in [6, 6.07) is 5.73. The molecule has 10 nitrogen and oxygen atoms in total. The number of nitrogens with zero attached hydrogens (tertiary/aromatic N) is 2. The van der Waals surface area contributed by atoms with E-state index in [4.69, 9.17) is 14.7 Å². The standard InChI is InChI=1S/C33H34N4O6/c1-7-18-13(2)20-12-25-27(17(6)38)15(4)22(35-25)10-21-14(3)19(8-9-26(39)40)30(36-21)29-31-28(32(41)43-33(29)42)16(5)23(37-31)11-24(18)34-20/h10-14,18-19,35,37H,7-9H2,1-6H3,(H,39,40)/t13-,14+,18-,19+/m1/s1. The highest BCUT2D eigenvalue weighted by atomic mass is 16.6. The van der Waals surface area contributed by atoms with Crippen molar-refractivity contribution in [2.75, 3.05) is 0 Å². The largest absolute Gasteiger partial charge is 0.481 e. The molecule has 10 heteroatoms. The van der Waals surface area contributed by atoms with Gasteiger partial charge in [0.2, 0.25) is 0 Å². The Morgan fingerprint density at radius 2 is 1.47 bits per heavy atom. The van der Waals surface area contributed by atoms with Crippen LogP contribution in [0.15, 0.2) is 18.2 Å². The van der Waals surface area contributed by atoms with Gasteiger partial charge < -0.3 is 19.8 Å². The lowest BCUT2D eigenvalue weighted by atomic mass is 9.85. The van der Waals surface area contributed by atoms with Gasteiger partial charge in [-0.05, 0) is 62.9 Å². The molecule has 8 bridgehead atoms. The summed E-state index contributed by atoms with van der Waals surface area (Å²) in [4.78, 5) is 67.6. The number of aromatic nitrogens is 4. The average Bonchev–Trinajstić information content (AvgIpc) is 3.61. The highest BCUT2D eigenvalue weighted by Crippen LogP contribution is 2.44. The third-order valence-corrected chi connectivity index (χ3v) is 9.42. The van der Waals surface area contributed by atoms with Crippen LogP contribution in [-0.2, 0) is 9.53 Å². The molecule has 6 heterocycles. The molecule has 3 aromatic rings. The van der Waals surface area contributed by atoms with Gasteiger partial charge in [0.1, 0.15) is 5.56 Å². The minimum Gasteiger partial charge on any atom is -0.481 e. The summed E-state index contributed by atoms with van der Waals surface area (Å²) in [5.74, 6) is -3.10. The fourth-order valence-electron chi connectivity index (χ4n) is 7.01. The molecule has 0 saturated heterocycles. The molecule has 0 amide bonds. The molecule has 0 saturated carbocycles. The monoisotopic (exact) mass is 582 g/mol. The number of hydrogen-bond donors (Lipinski definition) is 3. The average molecular weight is 583 g/mol. The Morgan fingerprint density at radius 3 is 2.14 bits per heavy atom. The highest BCUT2D eigenvalue weighted by Gasteiger charge is 2.39. The van der Waals surface area contributed by atoms with Gasteiger partial charge in [-0.2, -0.15) is 0 Å². The molecule has 3 N–H and O–H groups in total. The Hall–Kier alpha value is -4.60. The first-order chi connectivity index (χ1) is 20.4. The number of H-pyrrole nitrogens is 2. The number of carboxylic acids is 1. The lowest BCUT2D eigenvalue weighted by Crippen LogP contribution is -2.21. The van der Waals surface area contributed by atoms with Crippen LogP contribution in [0.25, 0.3) is 22.1 Å². The Labute approximate surface area is 247 Å². The van der Waals surface area contributed by atoms with Gasteiger partial charge in [0, 0.05) is 63.8 Å². The molecule has 0 spiro atoms. The van der Waals surface area contributed by atoms with Gasteiger partial charge in [0.25, 0.3) is 0 Å². The van der Waals surface area contributed by atoms with Crippen LogP contribution in [0.1, 0.15) is 136 Å². The maximum atomic E-state index is 13.4. The van der Waals surface area contributed by atoms with Crippen molar-refractivity contribution in [1.29, 1.82) is 0 Å². The molecule has 222 valence electrons. The Bertz CT molecular complexity index is 1920. The van der Waals surface area contributed by atoms with Crippen molar-refractivity contribution in [3.63, 3.8) is 0 Å². The number of aliphatic carboxylic acids is 1. The molecular weight excluding hydrogens is 548 g/mol. The van der Waals surface area contributed by atoms with Crippen LogP contribution >= 0.6 is 0 Å². The number of hydrogen-bond acceptors (Lipinski definition) is 7. The summed E-state index contributed by atoms with van der Waals surface area (Å²) in [5, 5.41) is 9.51. The number of carboxylic acid groups (broad SMARTS) is 1. The van der Waals surface area contributed by atoms with Crippen LogP contribution in [0.3, 0.4) is 0 Å². The van der Waals surface area contributed by atoms with Crippen molar-refractivity contribution in [3.8, 4) is 0 Å². The SMILES string of the molecule is CC[C@H]1c2cc3[nH]c4c(c5nc(cc6[nH]c(cc(n2)[C@@H]1C)c(C(C)=O)c6C)[C@@H](C)[C@@H]5CCC(=O)O)C(=O)OC(=O)c4c3C. The molecule has 0 fully saturated rings. The Kier molecular flexibility index (Phi) is 6.82. The van der Waals surface area contributed by atoms with Crippen molar-refractivity contribution < 1.29 is 29.0 Å². The first-order valence-corrected chi connectivity index (χ1v) is 14.7. The second kappa shape index (κ2) is 10.3. The number of Topliss-reactive ketones (excluding diaryl/α,β-unsaturated/α-hetero) is 1. The number of fused-ring (bicyclic) bond motifs is 8. The van der Waals surface area contributed by atoms with Crippen molar-refractivity contribution in [2.24, 2.45) is 0 Å². The fourth-order valence-corrected chi connectivity index (χ4v) is 7.01. The number of aryl methyl sites for hydroxylation is 2. The third kappa shape index (κ3) is 4.47. The summed E-state index contributed by atoms with van der Waals surface area (Å²) < 4.78 is 5.25. The van der Waals surface area contributed by atoms with Crippen LogP contribution < -0.4 is 0 Å². The summed E-state index contributed by atoms with van der Waals surface area (Å²) in [7, 11) is 0. The van der Waals surface area contributed by atoms with Gasteiger partial charge in [0.05, 0.1) is 22.3 Å². The molecule has 3 aromatic heterocycles. The normalized spacial score (nSPS) is 21.2. The van der Waals surface area contributed by atoms with Crippen LogP contribution in [0.2, 0.25) is 0 Å². The van der Waals surface area contributed by atoms with Crippen molar-refractivity contribution >= 4 is 45.8 Å². The van der Waals surface area contributed by atoms with E-state index in [0.29, 0.717) is 44.6 Å². The van der Waals surface area contributed by atoms with E-state index in [1.54, 1.807) is 13.8 Å². The number of carbonyl (C=O) groups is 4. The molecule has 0 unspecified atom stereocenters. The van der Waals surface area contributed by atoms with E-state index in [-0.39, 0.29) is 47.5 Å². The zero-order valence-electron chi connectivity index (χ0n) is 25.0. The predicted molar refractivity (Wildman–Crippen MR) is 160 cm³/mol.